The molecule has 3 aliphatic rings. The van der Waals surface area contributed by atoms with Gasteiger partial charge in [0.1, 0.15) is 0 Å². The SMILES string of the molecule is CC(=O)N1Cc2[nH]nc(C(=O)N3C[C@H]4C[C@@H](c5ccccc5C(F)(F)F)C[C@H]4C3)c2C1. The number of fused-ring (bicyclic) bond motifs is 2. The van der Waals surface area contributed by atoms with E-state index in [1.807, 2.05) is 0 Å². The zero-order chi connectivity index (χ0) is 21.9. The second-order valence-electron chi connectivity index (χ2n) is 8.89. The van der Waals surface area contributed by atoms with Gasteiger partial charge in [-0.3, -0.25) is 14.7 Å². The van der Waals surface area contributed by atoms with Crippen LogP contribution in [0.25, 0.3) is 0 Å². The van der Waals surface area contributed by atoms with E-state index >= 15 is 0 Å². The van der Waals surface area contributed by atoms with Crippen molar-refractivity contribution < 1.29 is 22.8 Å². The lowest BCUT2D eigenvalue weighted by molar-refractivity contribution is -0.138. The van der Waals surface area contributed by atoms with Gasteiger partial charge in [0.05, 0.1) is 24.3 Å². The Morgan fingerprint density at radius 1 is 1.06 bits per heavy atom. The summed E-state index contributed by atoms with van der Waals surface area (Å²) in [5, 5.41) is 7.07. The van der Waals surface area contributed by atoms with Crippen LogP contribution in [0.5, 0.6) is 0 Å². The zero-order valence-electron chi connectivity index (χ0n) is 17.1. The minimum atomic E-state index is -4.36. The molecule has 0 unspecified atom stereocenters. The smallest absolute Gasteiger partial charge is 0.337 e. The molecule has 2 fully saturated rings. The van der Waals surface area contributed by atoms with Gasteiger partial charge in [-0.25, -0.2) is 0 Å². The molecule has 1 aromatic carbocycles. The van der Waals surface area contributed by atoms with Crippen LogP contribution in [-0.4, -0.2) is 44.9 Å². The predicted octanol–water partition coefficient (Wildman–Crippen LogP) is 3.56. The number of H-pyrrole nitrogens is 1. The van der Waals surface area contributed by atoms with Crippen LogP contribution in [-0.2, 0) is 24.1 Å². The van der Waals surface area contributed by atoms with Crippen LogP contribution in [0.15, 0.2) is 24.3 Å². The van der Waals surface area contributed by atoms with Crippen molar-refractivity contribution in [2.45, 2.75) is 44.9 Å². The number of benzene rings is 1. The quantitative estimate of drug-likeness (QED) is 0.789. The molecule has 0 bridgehead atoms. The lowest BCUT2D eigenvalue weighted by atomic mass is 9.91. The zero-order valence-corrected chi connectivity index (χ0v) is 17.1. The molecule has 2 aliphatic heterocycles. The van der Waals surface area contributed by atoms with E-state index in [0.717, 1.165) is 17.3 Å². The molecule has 1 saturated carbocycles. The summed E-state index contributed by atoms with van der Waals surface area (Å²) in [7, 11) is 0. The monoisotopic (exact) mass is 432 g/mol. The van der Waals surface area contributed by atoms with Gasteiger partial charge in [-0.2, -0.15) is 18.3 Å². The molecule has 31 heavy (non-hydrogen) atoms. The summed E-state index contributed by atoms with van der Waals surface area (Å²) in [6.45, 7) is 3.37. The lowest BCUT2D eigenvalue weighted by Gasteiger charge is -2.21. The summed E-state index contributed by atoms with van der Waals surface area (Å²) in [4.78, 5) is 28.2. The number of hydrogen-bond acceptors (Lipinski definition) is 3. The van der Waals surface area contributed by atoms with E-state index in [2.05, 4.69) is 10.2 Å². The maximum Gasteiger partial charge on any atom is 0.416 e. The number of nitrogens with zero attached hydrogens (tertiary/aromatic N) is 3. The Bertz CT molecular complexity index is 1030. The topological polar surface area (TPSA) is 69.3 Å². The van der Waals surface area contributed by atoms with Gasteiger partial charge in [0, 0.05) is 25.6 Å². The van der Waals surface area contributed by atoms with Gasteiger partial charge in [0.25, 0.3) is 5.91 Å². The summed E-state index contributed by atoms with van der Waals surface area (Å²) in [6.07, 6.45) is -3.05. The molecule has 3 heterocycles. The number of likely N-dealkylation sites (tertiary alicyclic amines) is 1. The van der Waals surface area contributed by atoms with E-state index in [4.69, 9.17) is 0 Å². The van der Waals surface area contributed by atoms with E-state index in [1.165, 1.54) is 13.0 Å². The van der Waals surface area contributed by atoms with Crippen LogP contribution in [0.4, 0.5) is 13.2 Å². The number of halogens is 3. The van der Waals surface area contributed by atoms with Crippen LogP contribution in [0.2, 0.25) is 0 Å². The second kappa shape index (κ2) is 7.10. The van der Waals surface area contributed by atoms with Crippen molar-refractivity contribution in [1.82, 2.24) is 20.0 Å². The fraction of sp³-hybridized carbons (Fsp3) is 0.500. The van der Waals surface area contributed by atoms with Gasteiger partial charge in [0.2, 0.25) is 5.91 Å². The normalized spacial score (nSPS) is 25.1. The Morgan fingerprint density at radius 2 is 1.74 bits per heavy atom. The van der Waals surface area contributed by atoms with Crippen molar-refractivity contribution >= 4 is 11.8 Å². The standard InChI is InChI=1S/C22H23F3N4O2/c1-12(30)28-10-17-19(11-28)26-27-20(17)21(31)29-8-14-6-13(7-15(14)9-29)16-4-2-3-5-18(16)22(23,24)25/h2-5,13-15H,6-11H2,1H3,(H,26,27)/t13-,14-,15+. The third-order valence-electron chi connectivity index (χ3n) is 7.04. The molecule has 2 aromatic rings. The summed E-state index contributed by atoms with van der Waals surface area (Å²) in [5.74, 6) is 0.0316. The van der Waals surface area contributed by atoms with Gasteiger partial charge in [0.15, 0.2) is 5.69 Å². The van der Waals surface area contributed by atoms with E-state index in [1.54, 1.807) is 21.9 Å². The van der Waals surface area contributed by atoms with Crippen LogP contribution >= 0.6 is 0 Å². The second-order valence-corrected chi connectivity index (χ2v) is 8.89. The fourth-order valence-corrected chi connectivity index (χ4v) is 5.52. The van der Waals surface area contributed by atoms with Gasteiger partial charge in [-0.1, -0.05) is 18.2 Å². The van der Waals surface area contributed by atoms with Crippen molar-refractivity contribution in [2.24, 2.45) is 11.8 Å². The third kappa shape index (κ3) is 3.40. The number of aromatic amines is 1. The number of alkyl halides is 3. The molecule has 0 radical (unpaired) electrons. The van der Waals surface area contributed by atoms with Crippen molar-refractivity contribution in [3.63, 3.8) is 0 Å². The predicted molar refractivity (Wildman–Crippen MR) is 105 cm³/mol. The molecule has 1 N–H and O–H groups in total. The number of aromatic nitrogens is 2. The Hall–Kier alpha value is -2.84. The number of hydrogen-bond donors (Lipinski definition) is 1. The highest BCUT2D eigenvalue weighted by Gasteiger charge is 2.46. The summed E-state index contributed by atoms with van der Waals surface area (Å²) >= 11 is 0. The van der Waals surface area contributed by atoms with Gasteiger partial charge in [-0.05, 0) is 42.2 Å². The van der Waals surface area contributed by atoms with Gasteiger partial charge >= 0.3 is 6.18 Å². The fourth-order valence-electron chi connectivity index (χ4n) is 5.52. The third-order valence-corrected chi connectivity index (χ3v) is 7.04. The summed E-state index contributed by atoms with van der Waals surface area (Å²) < 4.78 is 40.2. The van der Waals surface area contributed by atoms with E-state index < -0.39 is 11.7 Å². The van der Waals surface area contributed by atoms with E-state index in [0.29, 0.717) is 50.3 Å². The molecular weight excluding hydrogens is 409 g/mol. The average Bonchev–Trinajstić information content (AvgIpc) is 3.45. The Morgan fingerprint density at radius 3 is 2.39 bits per heavy atom. The molecule has 9 heteroatoms. The van der Waals surface area contributed by atoms with Crippen molar-refractivity contribution in [1.29, 1.82) is 0 Å². The average molecular weight is 432 g/mol. The lowest BCUT2D eigenvalue weighted by Crippen LogP contribution is -2.31. The first-order chi connectivity index (χ1) is 14.7. The molecule has 5 rings (SSSR count). The first kappa shape index (κ1) is 20.1. The van der Waals surface area contributed by atoms with Gasteiger partial charge in [-0.15, -0.1) is 0 Å². The number of amides is 2. The Labute approximate surface area is 177 Å². The van der Waals surface area contributed by atoms with Gasteiger partial charge < -0.3 is 9.80 Å². The minimum Gasteiger partial charge on any atom is -0.337 e. The molecule has 1 saturated heterocycles. The number of carbonyl (C=O) groups excluding carboxylic acids is 2. The van der Waals surface area contributed by atoms with Crippen molar-refractivity contribution in [2.75, 3.05) is 13.1 Å². The van der Waals surface area contributed by atoms with Crippen LogP contribution in [0.1, 0.15) is 58.6 Å². The molecule has 6 nitrogen and oxygen atoms in total. The van der Waals surface area contributed by atoms with E-state index in [9.17, 15) is 22.8 Å². The van der Waals surface area contributed by atoms with Crippen molar-refractivity contribution in [3.05, 3.63) is 52.3 Å². The molecular formula is C22H23F3N4O2. The summed E-state index contributed by atoms with van der Waals surface area (Å²) in [6, 6.07) is 5.84. The molecule has 1 aliphatic carbocycles. The van der Waals surface area contributed by atoms with Crippen LogP contribution in [0, 0.1) is 11.8 Å². The maximum atomic E-state index is 13.4. The molecule has 3 atom stereocenters. The highest BCUT2D eigenvalue weighted by atomic mass is 19.4. The molecule has 2 amide bonds. The largest absolute Gasteiger partial charge is 0.416 e. The Balaban J connectivity index is 1.28. The van der Waals surface area contributed by atoms with Crippen LogP contribution in [0.3, 0.4) is 0 Å². The number of rotatable bonds is 2. The van der Waals surface area contributed by atoms with Crippen LogP contribution < -0.4 is 0 Å². The van der Waals surface area contributed by atoms with Crippen molar-refractivity contribution in [3.8, 4) is 0 Å². The maximum absolute atomic E-state index is 13.4. The number of carbonyl (C=O) groups is 2. The van der Waals surface area contributed by atoms with E-state index in [-0.39, 0.29) is 29.6 Å². The first-order valence-corrected chi connectivity index (χ1v) is 10.5. The molecule has 164 valence electrons. The first-order valence-electron chi connectivity index (χ1n) is 10.5. The highest BCUT2D eigenvalue weighted by molar-refractivity contribution is 5.94. The summed E-state index contributed by atoms with van der Waals surface area (Å²) in [5.41, 5.74) is 1.75. The number of nitrogens with one attached hydrogen (secondary N) is 1. The Kier molecular flexibility index (Phi) is 4.60. The minimum absolute atomic E-state index is 0.0520. The molecule has 1 aromatic heterocycles. The highest BCUT2D eigenvalue weighted by Crippen LogP contribution is 2.49. The molecule has 0 spiro atoms.